The molecule has 0 fully saturated rings. The first-order valence-electron chi connectivity index (χ1n) is 7.82. The molecule has 1 aliphatic heterocycles. The molecule has 1 heterocycles. The number of hydrogen-bond donors (Lipinski definition) is 3. The average Bonchev–Trinajstić information content (AvgIpc) is 2.65. The summed E-state index contributed by atoms with van der Waals surface area (Å²) >= 11 is 0. The molecular formula is C16H19BN2O8. The number of nitrogens with one attached hydrogen (secondary N) is 1. The average molecular weight is 378 g/mol. The van der Waals surface area contributed by atoms with Crippen molar-refractivity contribution in [1.29, 1.82) is 0 Å². The zero-order chi connectivity index (χ0) is 20.1. The molecule has 1 aliphatic rings. The molecule has 0 atom stereocenters. The van der Waals surface area contributed by atoms with Crippen LogP contribution in [-0.2, 0) is 28.6 Å². The molecule has 0 aliphatic carbocycles. The molecule has 11 heteroatoms. The molecule has 1 aromatic rings. The van der Waals surface area contributed by atoms with Gasteiger partial charge in [-0.1, -0.05) is 0 Å². The number of esters is 2. The van der Waals surface area contributed by atoms with E-state index in [1.54, 1.807) is 0 Å². The van der Waals surface area contributed by atoms with Crippen molar-refractivity contribution >= 4 is 41.8 Å². The van der Waals surface area contributed by atoms with Crippen LogP contribution < -0.4 is 15.7 Å². The number of anilines is 2. The Morgan fingerprint density at radius 2 is 1.85 bits per heavy atom. The van der Waals surface area contributed by atoms with Crippen molar-refractivity contribution in [3.05, 3.63) is 29.5 Å². The van der Waals surface area contributed by atoms with Crippen molar-refractivity contribution in [3.63, 3.8) is 0 Å². The number of carbonyl (C=O) groups excluding carboxylic acids is 3. The number of rotatable bonds is 5. The van der Waals surface area contributed by atoms with Crippen LogP contribution in [0.25, 0.3) is 0 Å². The Morgan fingerprint density at radius 3 is 2.41 bits per heavy atom. The molecule has 0 saturated carbocycles. The number of methoxy groups -OCH3 is 2. The number of benzene rings is 1. The normalized spacial score (nSPS) is 13.9. The first-order valence-corrected chi connectivity index (χ1v) is 7.82. The predicted octanol–water partition coefficient (Wildman–Crippen LogP) is -1.28. The Hall–Kier alpha value is -2.89. The Balaban J connectivity index is 2.61. The number of nitrogens with zero attached hydrogens (tertiary/aromatic N) is 1. The highest BCUT2D eigenvalue weighted by atomic mass is 16.5. The van der Waals surface area contributed by atoms with Crippen LogP contribution in [0.2, 0.25) is 0 Å². The second-order valence-electron chi connectivity index (χ2n) is 5.54. The van der Waals surface area contributed by atoms with Crippen LogP contribution in [0.1, 0.15) is 6.92 Å². The van der Waals surface area contributed by atoms with Crippen LogP contribution >= 0.6 is 0 Å². The Morgan fingerprint density at radius 1 is 1.19 bits per heavy atom. The van der Waals surface area contributed by atoms with Crippen LogP contribution in [0.5, 0.6) is 0 Å². The lowest BCUT2D eigenvalue weighted by atomic mass is 9.78. The molecule has 0 saturated heterocycles. The van der Waals surface area contributed by atoms with Gasteiger partial charge in [-0.3, -0.25) is 4.79 Å². The lowest BCUT2D eigenvalue weighted by Crippen LogP contribution is -2.43. The van der Waals surface area contributed by atoms with Crippen molar-refractivity contribution in [3.8, 4) is 0 Å². The summed E-state index contributed by atoms with van der Waals surface area (Å²) in [6, 6.07) is 4.29. The van der Waals surface area contributed by atoms with Gasteiger partial charge >= 0.3 is 19.1 Å². The zero-order valence-electron chi connectivity index (χ0n) is 15.0. The van der Waals surface area contributed by atoms with Crippen LogP contribution in [0, 0.1) is 0 Å². The number of hydrogen-bond acceptors (Lipinski definition) is 9. The van der Waals surface area contributed by atoms with E-state index in [1.165, 1.54) is 30.0 Å². The van der Waals surface area contributed by atoms with Crippen LogP contribution in [0.4, 0.5) is 11.4 Å². The molecule has 0 unspecified atom stereocenters. The highest BCUT2D eigenvalue weighted by molar-refractivity contribution is 6.60. The number of amides is 1. The second-order valence-corrected chi connectivity index (χ2v) is 5.54. The SMILES string of the molecule is COC(=O)C1=C(C(=O)OC)N(c2ccc(NC(C)=O)cc2B(O)O)COC1. The predicted molar refractivity (Wildman–Crippen MR) is 94.9 cm³/mol. The standard InChI is InChI=1S/C16H19BN2O8/c1-9(20)18-10-4-5-13(12(6-10)17(23)24)19-8-27-7-11(15(21)25-2)14(19)16(22)26-3/h4-6,23-24H,7-8H2,1-3H3,(H,18,20). The molecule has 144 valence electrons. The Bertz CT molecular complexity index is 793. The van der Waals surface area contributed by atoms with Crippen molar-refractivity contribution in [2.24, 2.45) is 0 Å². The van der Waals surface area contributed by atoms with E-state index in [4.69, 9.17) is 9.47 Å². The van der Waals surface area contributed by atoms with E-state index >= 15 is 0 Å². The van der Waals surface area contributed by atoms with Crippen LogP contribution in [0.15, 0.2) is 29.5 Å². The van der Waals surface area contributed by atoms with E-state index in [-0.39, 0.29) is 41.7 Å². The molecule has 1 amide bonds. The molecule has 3 N–H and O–H groups in total. The van der Waals surface area contributed by atoms with Crippen molar-refractivity contribution in [2.45, 2.75) is 6.92 Å². The molecule has 2 rings (SSSR count). The molecule has 0 spiro atoms. The maximum atomic E-state index is 12.3. The molecule has 0 radical (unpaired) electrons. The van der Waals surface area contributed by atoms with Gasteiger partial charge in [-0.2, -0.15) is 0 Å². The summed E-state index contributed by atoms with van der Waals surface area (Å²) in [5.74, 6) is -1.94. The van der Waals surface area contributed by atoms with Crippen LogP contribution in [0.3, 0.4) is 0 Å². The third-order valence-corrected chi connectivity index (χ3v) is 3.75. The third kappa shape index (κ3) is 4.45. The van der Waals surface area contributed by atoms with E-state index in [0.29, 0.717) is 5.69 Å². The van der Waals surface area contributed by atoms with Gasteiger partial charge in [0.15, 0.2) is 0 Å². The van der Waals surface area contributed by atoms with Crippen molar-refractivity contribution < 1.29 is 38.6 Å². The Kier molecular flexibility index (Phi) is 6.56. The van der Waals surface area contributed by atoms with Gasteiger partial charge in [0.05, 0.1) is 26.4 Å². The Labute approximate surface area is 155 Å². The van der Waals surface area contributed by atoms with Gasteiger partial charge in [0.25, 0.3) is 0 Å². The zero-order valence-corrected chi connectivity index (χ0v) is 15.0. The van der Waals surface area contributed by atoms with Gasteiger partial charge < -0.3 is 34.5 Å². The highest BCUT2D eigenvalue weighted by Gasteiger charge is 2.34. The molecule has 27 heavy (non-hydrogen) atoms. The smallest absolute Gasteiger partial charge is 0.466 e. The van der Waals surface area contributed by atoms with Gasteiger partial charge in [0, 0.05) is 23.8 Å². The van der Waals surface area contributed by atoms with E-state index in [1.807, 2.05) is 0 Å². The molecular weight excluding hydrogens is 359 g/mol. The molecule has 0 aromatic heterocycles. The van der Waals surface area contributed by atoms with Crippen molar-refractivity contribution in [2.75, 3.05) is 37.8 Å². The minimum absolute atomic E-state index is 0.0163. The summed E-state index contributed by atoms with van der Waals surface area (Å²) < 4.78 is 14.8. The fourth-order valence-corrected chi connectivity index (χ4v) is 2.62. The van der Waals surface area contributed by atoms with Gasteiger partial charge in [0.1, 0.15) is 12.4 Å². The minimum Gasteiger partial charge on any atom is -0.466 e. The maximum Gasteiger partial charge on any atom is 0.490 e. The maximum absolute atomic E-state index is 12.3. The summed E-state index contributed by atoms with van der Waals surface area (Å²) in [6.45, 7) is 0.987. The summed E-state index contributed by atoms with van der Waals surface area (Å²) in [6.07, 6.45) is 0. The third-order valence-electron chi connectivity index (χ3n) is 3.75. The van der Waals surface area contributed by atoms with Gasteiger partial charge in [-0.05, 0) is 18.2 Å². The lowest BCUT2D eigenvalue weighted by Gasteiger charge is -2.32. The first kappa shape index (κ1) is 20.4. The van der Waals surface area contributed by atoms with E-state index in [9.17, 15) is 24.4 Å². The fourth-order valence-electron chi connectivity index (χ4n) is 2.62. The summed E-state index contributed by atoms with van der Waals surface area (Å²) in [5.41, 5.74) is 0.284. The monoisotopic (exact) mass is 378 g/mol. The quantitative estimate of drug-likeness (QED) is 0.423. The largest absolute Gasteiger partial charge is 0.490 e. The summed E-state index contributed by atoms with van der Waals surface area (Å²) in [7, 11) is 0.393. The highest BCUT2D eigenvalue weighted by Crippen LogP contribution is 2.27. The van der Waals surface area contributed by atoms with Gasteiger partial charge in [-0.15, -0.1) is 0 Å². The summed E-state index contributed by atoms with van der Waals surface area (Å²) in [4.78, 5) is 36.8. The number of carbonyl (C=O) groups is 3. The topological polar surface area (TPSA) is 135 Å². The van der Waals surface area contributed by atoms with E-state index in [2.05, 4.69) is 10.1 Å². The fraction of sp³-hybridized carbons (Fsp3) is 0.312. The second kappa shape index (κ2) is 8.67. The van der Waals surface area contributed by atoms with Crippen molar-refractivity contribution in [1.82, 2.24) is 0 Å². The van der Waals surface area contributed by atoms with E-state index < -0.39 is 19.1 Å². The van der Waals surface area contributed by atoms with Crippen LogP contribution in [-0.4, -0.2) is 62.6 Å². The summed E-state index contributed by atoms with van der Waals surface area (Å²) in [5, 5.41) is 22.0. The molecule has 0 bridgehead atoms. The minimum atomic E-state index is -1.92. The van der Waals surface area contributed by atoms with E-state index in [0.717, 1.165) is 14.2 Å². The molecule has 1 aromatic carbocycles. The first-order chi connectivity index (χ1) is 12.8. The number of ether oxygens (including phenoxy) is 3. The van der Waals surface area contributed by atoms with Gasteiger partial charge in [0.2, 0.25) is 5.91 Å². The van der Waals surface area contributed by atoms with Gasteiger partial charge in [-0.25, -0.2) is 9.59 Å². The molecule has 10 nitrogen and oxygen atoms in total. The lowest BCUT2D eigenvalue weighted by molar-refractivity contribution is -0.140.